The molecule has 148 valence electrons. The topological polar surface area (TPSA) is 37.3 Å². The standard InChI is InChI=1S/C22H36BrO2P/c23-26(21-17-13-12-14-18-21)20-16-11-9-7-5-3-1-2-4-6-8-10-15-19-22(24)25/h12-14,17-18H,1-11,15-16,19-20H2,(H,24,25). The van der Waals surface area contributed by atoms with Crippen molar-refractivity contribution in [2.75, 3.05) is 6.16 Å². The van der Waals surface area contributed by atoms with Crippen molar-refractivity contribution in [3.05, 3.63) is 30.3 Å². The van der Waals surface area contributed by atoms with Crippen molar-refractivity contribution in [1.82, 2.24) is 0 Å². The summed E-state index contributed by atoms with van der Waals surface area (Å²) in [4.78, 5) is 10.4. The van der Waals surface area contributed by atoms with Gasteiger partial charge in [0.05, 0.1) is 0 Å². The number of hydrogen-bond acceptors (Lipinski definition) is 1. The fourth-order valence-corrected chi connectivity index (χ4v) is 5.91. The van der Waals surface area contributed by atoms with Crippen molar-refractivity contribution >= 4 is 33.4 Å². The van der Waals surface area contributed by atoms with Gasteiger partial charge in [0.15, 0.2) is 0 Å². The monoisotopic (exact) mass is 442 g/mol. The zero-order valence-electron chi connectivity index (χ0n) is 16.2. The van der Waals surface area contributed by atoms with Gasteiger partial charge >= 0.3 is 5.97 Å². The first kappa shape index (κ1) is 23.6. The number of aliphatic carboxylic acids is 1. The molecule has 26 heavy (non-hydrogen) atoms. The average molecular weight is 443 g/mol. The maximum absolute atomic E-state index is 10.4. The van der Waals surface area contributed by atoms with E-state index in [1.807, 2.05) is 0 Å². The molecule has 0 radical (unpaired) electrons. The highest BCUT2D eigenvalue weighted by Crippen LogP contribution is 2.43. The van der Waals surface area contributed by atoms with Crippen molar-refractivity contribution in [2.24, 2.45) is 0 Å². The lowest BCUT2D eigenvalue weighted by molar-refractivity contribution is -0.137. The molecule has 0 aliphatic carbocycles. The van der Waals surface area contributed by atoms with Crippen LogP contribution in [-0.2, 0) is 4.79 Å². The molecule has 0 amide bonds. The fraction of sp³-hybridized carbons (Fsp3) is 0.682. The van der Waals surface area contributed by atoms with E-state index in [-0.39, 0.29) is 6.62 Å². The molecule has 0 aliphatic heterocycles. The first-order valence-corrected chi connectivity index (χ1v) is 13.9. The second kappa shape index (κ2) is 16.8. The highest BCUT2D eigenvalue weighted by Gasteiger charge is 2.05. The summed E-state index contributed by atoms with van der Waals surface area (Å²) < 4.78 is 0. The Hall–Kier alpha value is -0.400. The Balaban J connectivity index is 1.78. The number of benzene rings is 1. The molecule has 4 heteroatoms. The quantitative estimate of drug-likeness (QED) is 0.198. The van der Waals surface area contributed by atoms with Crippen LogP contribution in [0.25, 0.3) is 0 Å². The number of unbranched alkanes of at least 4 members (excludes halogenated alkanes) is 12. The highest BCUT2D eigenvalue weighted by molar-refractivity contribution is 9.40. The van der Waals surface area contributed by atoms with E-state index >= 15 is 0 Å². The summed E-state index contributed by atoms with van der Waals surface area (Å²) in [5.74, 6) is -0.658. The van der Waals surface area contributed by atoms with Crippen LogP contribution in [0.15, 0.2) is 30.3 Å². The predicted molar refractivity (Wildman–Crippen MR) is 119 cm³/mol. The molecular weight excluding hydrogens is 407 g/mol. The zero-order valence-corrected chi connectivity index (χ0v) is 18.7. The van der Waals surface area contributed by atoms with Crippen molar-refractivity contribution in [2.45, 2.75) is 89.9 Å². The van der Waals surface area contributed by atoms with Crippen LogP contribution in [0.4, 0.5) is 0 Å². The van der Waals surface area contributed by atoms with E-state index in [4.69, 9.17) is 5.11 Å². The number of halogens is 1. The lowest BCUT2D eigenvalue weighted by Crippen LogP contribution is -1.98. The highest BCUT2D eigenvalue weighted by atomic mass is 79.9. The van der Waals surface area contributed by atoms with Crippen molar-refractivity contribution in [1.29, 1.82) is 0 Å². The van der Waals surface area contributed by atoms with Gasteiger partial charge in [-0.25, -0.2) is 0 Å². The number of carbonyl (C=O) groups is 1. The molecule has 0 aromatic heterocycles. The molecule has 1 N–H and O–H groups in total. The molecule has 0 saturated heterocycles. The van der Waals surface area contributed by atoms with Crippen molar-refractivity contribution < 1.29 is 9.90 Å². The van der Waals surface area contributed by atoms with Crippen LogP contribution in [0.5, 0.6) is 0 Å². The molecule has 1 aromatic rings. The van der Waals surface area contributed by atoms with Crippen LogP contribution >= 0.6 is 22.1 Å². The normalized spacial score (nSPS) is 12.2. The predicted octanol–water partition coefficient (Wildman–Crippen LogP) is 7.65. The molecule has 0 aliphatic rings. The Labute approximate surface area is 169 Å². The van der Waals surface area contributed by atoms with Gasteiger partial charge in [-0.2, -0.15) is 0 Å². The maximum atomic E-state index is 10.4. The molecule has 0 heterocycles. The van der Waals surface area contributed by atoms with Crippen LogP contribution in [0.3, 0.4) is 0 Å². The van der Waals surface area contributed by atoms with Crippen molar-refractivity contribution in [3.8, 4) is 0 Å². The third-order valence-electron chi connectivity index (χ3n) is 4.78. The Kier molecular flexibility index (Phi) is 15.2. The Morgan fingerprint density at radius 1 is 0.731 bits per heavy atom. The molecule has 0 bridgehead atoms. The van der Waals surface area contributed by atoms with E-state index in [0.29, 0.717) is 6.42 Å². The molecular formula is C22H36BrO2P. The van der Waals surface area contributed by atoms with Crippen LogP contribution in [0, 0.1) is 0 Å². The van der Waals surface area contributed by atoms with Gasteiger partial charge in [0.25, 0.3) is 0 Å². The molecule has 2 nitrogen and oxygen atoms in total. The summed E-state index contributed by atoms with van der Waals surface area (Å²) in [5, 5.41) is 10.0. The van der Waals surface area contributed by atoms with E-state index < -0.39 is 5.97 Å². The summed E-state index contributed by atoms with van der Waals surface area (Å²) in [6.45, 7) is -0.136. The van der Waals surface area contributed by atoms with Gasteiger partial charge in [-0.3, -0.25) is 4.79 Å². The van der Waals surface area contributed by atoms with Gasteiger partial charge in [0.2, 0.25) is 0 Å². The molecule has 0 saturated carbocycles. The number of carboxylic acid groups (broad SMARTS) is 1. The zero-order chi connectivity index (χ0) is 18.9. The number of rotatable bonds is 17. The Bertz CT molecular complexity index is 453. The average Bonchev–Trinajstić information content (AvgIpc) is 2.65. The van der Waals surface area contributed by atoms with E-state index in [2.05, 4.69) is 45.8 Å². The van der Waals surface area contributed by atoms with Gasteiger partial charge in [-0.05, 0) is 30.9 Å². The number of hydrogen-bond donors (Lipinski definition) is 1. The minimum Gasteiger partial charge on any atom is -0.481 e. The summed E-state index contributed by atoms with van der Waals surface area (Å²) in [7, 11) is 0. The van der Waals surface area contributed by atoms with Gasteiger partial charge in [-0.1, -0.05) is 116 Å². The van der Waals surface area contributed by atoms with Crippen LogP contribution in [-0.4, -0.2) is 17.2 Å². The molecule has 1 atom stereocenters. The molecule has 1 aromatic carbocycles. The van der Waals surface area contributed by atoms with E-state index in [1.165, 1.54) is 82.1 Å². The van der Waals surface area contributed by atoms with Crippen molar-refractivity contribution in [3.63, 3.8) is 0 Å². The minimum absolute atomic E-state index is 0.136. The summed E-state index contributed by atoms with van der Waals surface area (Å²) in [6.07, 6.45) is 18.3. The summed E-state index contributed by atoms with van der Waals surface area (Å²) in [5.41, 5.74) is 0. The second-order valence-corrected chi connectivity index (χ2v) is 11.4. The van der Waals surface area contributed by atoms with Gasteiger partial charge < -0.3 is 5.11 Å². The Morgan fingerprint density at radius 3 is 1.62 bits per heavy atom. The SMILES string of the molecule is O=C(O)CCCCCCCCCCCCCCCP(Br)c1ccccc1. The van der Waals surface area contributed by atoms with Gasteiger partial charge in [0.1, 0.15) is 0 Å². The van der Waals surface area contributed by atoms with Gasteiger partial charge in [-0.15, -0.1) is 0 Å². The third kappa shape index (κ3) is 13.8. The molecule has 1 rings (SSSR count). The van der Waals surface area contributed by atoms with E-state index in [1.54, 1.807) is 0 Å². The molecule has 0 fully saturated rings. The van der Waals surface area contributed by atoms with Crippen LogP contribution in [0.2, 0.25) is 0 Å². The summed E-state index contributed by atoms with van der Waals surface area (Å²) >= 11 is 3.87. The fourth-order valence-electron chi connectivity index (χ4n) is 3.19. The van der Waals surface area contributed by atoms with Gasteiger partial charge in [0, 0.05) is 6.42 Å². The number of carboxylic acids is 1. The van der Waals surface area contributed by atoms with Crippen LogP contribution in [0.1, 0.15) is 89.9 Å². The smallest absolute Gasteiger partial charge is 0.303 e. The first-order chi connectivity index (χ1) is 12.7. The van der Waals surface area contributed by atoms with Crippen LogP contribution < -0.4 is 5.30 Å². The molecule has 0 spiro atoms. The lowest BCUT2D eigenvalue weighted by atomic mass is 10.0. The third-order valence-corrected chi connectivity index (χ3v) is 8.64. The second-order valence-electron chi connectivity index (χ2n) is 7.16. The first-order valence-electron chi connectivity index (χ1n) is 10.4. The summed E-state index contributed by atoms with van der Waals surface area (Å²) in [6, 6.07) is 10.8. The van der Waals surface area contributed by atoms with E-state index in [9.17, 15) is 4.79 Å². The maximum Gasteiger partial charge on any atom is 0.303 e. The minimum atomic E-state index is -0.658. The largest absolute Gasteiger partial charge is 0.481 e. The lowest BCUT2D eigenvalue weighted by Gasteiger charge is -2.10. The Morgan fingerprint density at radius 2 is 1.15 bits per heavy atom. The molecule has 1 unspecified atom stereocenters. The van der Waals surface area contributed by atoms with E-state index in [0.717, 1.165) is 12.8 Å².